The van der Waals surface area contributed by atoms with Gasteiger partial charge < -0.3 is 10.4 Å². The van der Waals surface area contributed by atoms with Gasteiger partial charge in [0.2, 0.25) is 0 Å². The fourth-order valence-corrected chi connectivity index (χ4v) is 2.93. The lowest BCUT2D eigenvalue weighted by atomic mass is 10.2. The van der Waals surface area contributed by atoms with Crippen LogP contribution in [0, 0.1) is 0 Å². The molecule has 1 fully saturated rings. The summed E-state index contributed by atoms with van der Waals surface area (Å²) < 4.78 is 21.6. The summed E-state index contributed by atoms with van der Waals surface area (Å²) >= 11 is 0. The molecular weight excluding hydrogens is 154 g/mol. The molecule has 1 unspecified atom stereocenters. The van der Waals surface area contributed by atoms with Gasteiger partial charge in [0.25, 0.3) is 0 Å². The van der Waals surface area contributed by atoms with E-state index in [1.54, 1.807) is 7.05 Å². The minimum Gasteiger partial charge on any atom is -0.390 e. The van der Waals surface area contributed by atoms with Gasteiger partial charge in [0.15, 0.2) is 9.84 Å². The predicted molar refractivity (Wildman–Crippen MR) is 37.5 cm³/mol. The zero-order valence-corrected chi connectivity index (χ0v) is 6.56. The second kappa shape index (κ2) is 2.48. The van der Waals surface area contributed by atoms with Gasteiger partial charge in [-0.3, -0.25) is 0 Å². The third-order valence-corrected chi connectivity index (χ3v) is 3.41. The standard InChI is InChI=1S/C5H11NO3S/c1-6-4-2-10(8,9)3-5(4)7/h4-7H,2-3H2,1H3/t4?,5-/m1/s1. The number of hydrogen-bond acceptors (Lipinski definition) is 4. The Labute approximate surface area is 60.2 Å². The summed E-state index contributed by atoms with van der Waals surface area (Å²) in [6, 6.07) is -0.273. The molecule has 60 valence electrons. The number of rotatable bonds is 1. The number of hydrogen-bond donors (Lipinski definition) is 2. The molecule has 2 atom stereocenters. The molecule has 0 aromatic heterocycles. The molecule has 5 heteroatoms. The Bertz CT molecular complexity index is 211. The van der Waals surface area contributed by atoms with Crippen molar-refractivity contribution < 1.29 is 13.5 Å². The second-order valence-corrected chi connectivity index (χ2v) is 4.69. The Hall–Kier alpha value is -0.130. The minimum absolute atomic E-state index is 0.0602. The smallest absolute Gasteiger partial charge is 0.154 e. The van der Waals surface area contributed by atoms with Gasteiger partial charge in [0, 0.05) is 6.04 Å². The van der Waals surface area contributed by atoms with Gasteiger partial charge in [-0.2, -0.15) is 0 Å². The van der Waals surface area contributed by atoms with E-state index in [9.17, 15) is 8.42 Å². The predicted octanol–water partition coefficient (Wildman–Crippen LogP) is -1.64. The van der Waals surface area contributed by atoms with Gasteiger partial charge in [0.05, 0.1) is 17.6 Å². The molecule has 0 aliphatic carbocycles. The van der Waals surface area contributed by atoms with Crippen LogP contribution in [0.4, 0.5) is 0 Å². The van der Waals surface area contributed by atoms with Crippen LogP contribution in [-0.2, 0) is 9.84 Å². The van der Waals surface area contributed by atoms with Gasteiger partial charge in [0.1, 0.15) is 0 Å². The van der Waals surface area contributed by atoms with E-state index in [-0.39, 0.29) is 17.5 Å². The van der Waals surface area contributed by atoms with Crippen LogP contribution in [-0.4, -0.2) is 44.2 Å². The van der Waals surface area contributed by atoms with E-state index in [2.05, 4.69) is 5.32 Å². The Morgan fingerprint density at radius 1 is 1.50 bits per heavy atom. The third kappa shape index (κ3) is 1.47. The highest BCUT2D eigenvalue weighted by Crippen LogP contribution is 2.11. The van der Waals surface area contributed by atoms with Gasteiger partial charge >= 0.3 is 0 Å². The SMILES string of the molecule is CNC1CS(=O)(=O)C[C@H]1O. The maximum absolute atomic E-state index is 10.8. The average Bonchev–Trinajstić information content (AvgIpc) is 2.05. The van der Waals surface area contributed by atoms with Crippen LogP contribution in [0.25, 0.3) is 0 Å². The molecule has 0 aromatic rings. The van der Waals surface area contributed by atoms with Crippen molar-refractivity contribution in [1.82, 2.24) is 5.32 Å². The van der Waals surface area contributed by atoms with Crippen molar-refractivity contribution in [2.24, 2.45) is 0 Å². The van der Waals surface area contributed by atoms with Crippen molar-refractivity contribution in [2.75, 3.05) is 18.6 Å². The lowest BCUT2D eigenvalue weighted by molar-refractivity contribution is 0.170. The van der Waals surface area contributed by atoms with E-state index >= 15 is 0 Å². The zero-order valence-electron chi connectivity index (χ0n) is 5.74. The Kier molecular flexibility index (Phi) is 1.98. The number of nitrogens with one attached hydrogen (secondary N) is 1. The van der Waals surface area contributed by atoms with Crippen LogP contribution < -0.4 is 5.32 Å². The summed E-state index contributed by atoms with van der Waals surface area (Å²) in [4.78, 5) is 0. The average molecular weight is 165 g/mol. The van der Waals surface area contributed by atoms with Gasteiger partial charge in [-0.05, 0) is 7.05 Å². The molecule has 1 rings (SSSR count). The van der Waals surface area contributed by atoms with Crippen molar-refractivity contribution in [3.05, 3.63) is 0 Å². The summed E-state index contributed by atoms with van der Waals surface area (Å²) in [5, 5.41) is 11.8. The first-order chi connectivity index (χ1) is 4.55. The molecule has 0 saturated carbocycles. The first kappa shape index (κ1) is 7.97. The van der Waals surface area contributed by atoms with Gasteiger partial charge in [-0.15, -0.1) is 0 Å². The van der Waals surface area contributed by atoms with Crippen LogP contribution in [0.2, 0.25) is 0 Å². The monoisotopic (exact) mass is 165 g/mol. The molecular formula is C5H11NO3S. The van der Waals surface area contributed by atoms with Crippen LogP contribution >= 0.6 is 0 Å². The van der Waals surface area contributed by atoms with Crippen molar-refractivity contribution in [3.63, 3.8) is 0 Å². The maximum atomic E-state index is 10.8. The first-order valence-corrected chi connectivity index (χ1v) is 4.93. The quantitative estimate of drug-likeness (QED) is 0.489. The zero-order chi connectivity index (χ0) is 7.78. The van der Waals surface area contributed by atoms with Crippen molar-refractivity contribution in [1.29, 1.82) is 0 Å². The molecule has 10 heavy (non-hydrogen) atoms. The Balaban J connectivity index is 2.71. The largest absolute Gasteiger partial charge is 0.390 e. The molecule has 1 aliphatic rings. The number of aliphatic hydroxyl groups excluding tert-OH is 1. The van der Waals surface area contributed by atoms with Crippen LogP contribution in [0.5, 0.6) is 0 Å². The highest BCUT2D eigenvalue weighted by molar-refractivity contribution is 7.91. The summed E-state index contributed by atoms with van der Waals surface area (Å²) in [6.45, 7) is 0. The van der Waals surface area contributed by atoms with Crippen LogP contribution in [0.1, 0.15) is 0 Å². The van der Waals surface area contributed by atoms with E-state index in [4.69, 9.17) is 5.11 Å². The van der Waals surface area contributed by atoms with Crippen LogP contribution in [0.3, 0.4) is 0 Å². The molecule has 0 radical (unpaired) electrons. The molecule has 1 aliphatic heterocycles. The molecule has 0 spiro atoms. The van der Waals surface area contributed by atoms with E-state index < -0.39 is 15.9 Å². The molecule has 4 nitrogen and oxygen atoms in total. The fraction of sp³-hybridized carbons (Fsp3) is 1.00. The van der Waals surface area contributed by atoms with Crippen molar-refractivity contribution in [3.8, 4) is 0 Å². The van der Waals surface area contributed by atoms with Crippen molar-refractivity contribution >= 4 is 9.84 Å². The molecule has 2 N–H and O–H groups in total. The third-order valence-electron chi connectivity index (χ3n) is 1.69. The summed E-state index contributed by atoms with van der Waals surface area (Å²) in [6.07, 6.45) is -0.727. The lowest BCUT2D eigenvalue weighted by Crippen LogP contribution is -2.35. The summed E-state index contributed by atoms with van der Waals surface area (Å²) in [5.74, 6) is -0.0385. The lowest BCUT2D eigenvalue weighted by Gasteiger charge is -2.09. The van der Waals surface area contributed by atoms with Crippen LogP contribution in [0.15, 0.2) is 0 Å². The summed E-state index contributed by atoms with van der Waals surface area (Å²) in [5.41, 5.74) is 0. The van der Waals surface area contributed by atoms with E-state index in [0.717, 1.165) is 0 Å². The first-order valence-electron chi connectivity index (χ1n) is 3.11. The van der Waals surface area contributed by atoms with E-state index in [1.165, 1.54) is 0 Å². The molecule has 1 heterocycles. The Morgan fingerprint density at radius 2 is 2.10 bits per heavy atom. The number of likely N-dealkylation sites (N-methyl/N-ethyl adjacent to an activating group) is 1. The minimum atomic E-state index is -2.97. The Morgan fingerprint density at radius 3 is 2.30 bits per heavy atom. The number of aliphatic hydroxyl groups is 1. The van der Waals surface area contributed by atoms with E-state index in [0.29, 0.717) is 0 Å². The molecule has 0 amide bonds. The summed E-state index contributed by atoms with van der Waals surface area (Å²) in [7, 11) is -1.32. The molecule has 0 bridgehead atoms. The van der Waals surface area contributed by atoms with Crippen molar-refractivity contribution in [2.45, 2.75) is 12.1 Å². The van der Waals surface area contributed by atoms with Gasteiger partial charge in [-0.25, -0.2) is 8.42 Å². The topological polar surface area (TPSA) is 66.4 Å². The van der Waals surface area contributed by atoms with E-state index in [1.807, 2.05) is 0 Å². The number of sulfone groups is 1. The molecule has 1 saturated heterocycles. The highest BCUT2D eigenvalue weighted by Gasteiger charge is 2.34. The normalized spacial score (nSPS) is 38.2. The highest BCUT2D eigenvalue weighted by atomic mass is 32.2. The maximum Gasteiger partial charge on any atom is 0.154 e. The molecule has 0 aromatic carbocycles. The second-order valence-electron chi connectivity index (χ2n) is 2.54. The fourth-order valence-electron chi connectivity index (χ4n) is 1.10. The van der Waals surface area contributed by atoms with Gasteiger partial charge in [-0.1, -0.05) is 0 Å².